The summed E-state index contributed by atoms with van der Waals surface area (Å²) in [4.78, 5) is 10.6. The van der Waals surface area contributed by atoms with Crippen molar-refractivity contribution in [1.29, 1.82) is 0 Å². The fraction of sp³-hybridized carbons (Fsp3) is 0.300. The number of carbonyl (C=O) groups is 1. The van der Waals surface area contributed by atoms with Gasteiger partial charge in [0.2, 0.25) is 0 Å². The van der Waals surface area contributed by atoms with Crippen molar-refractivity contribution >= 4 is 5.97 Å². The lowest BCUT2D eigenvalue weighted by Crippen LogP contribution is -2.01. The van der Waals surface area contributed by atoms with E-state index in [1.165, 1.54) is 6.92 Å². The third-order valence-corrected chi connectivity index (χ3v) is 1.43. The second-order valence-corrected chi connectivity index (χ2v) is 2.62. The van der Waals surface area contributed by atoms with Gasteiger partial charge in [-0.15, -0.1) is 0 Å². The molecule has 0 bridgehead atoms. The summed E-state index contributed by atoms with van der Waals surface area (Å²) >= 11 is 0. The van der Waals surface area contributed by atoms with Crippen LogP contribution in [0.15, 0.2) is 24.3 Å². The molecule has 4 nitrogen and oxygen atoms in total. The van der Waals surface area contributed by atoms with Gasteiger partial charge in [-0.25, -0.2) is 0 Å². The molecule has 0 fully saturated rings. The molecular weight excluding hydrogens is 184 g/mol. The molecule has 0 saturated heterocycles. The molecule has 0 amide bonds. The first-order valence-electron chi connectivity index (χ1n) is 4.12. The molecule has 0 N–H and O–H groups in total. The topological polar surface area (TPSA) is 44.8 Å². The number of carbonyl (C=O) groups excluding carboxylic acids is 1. The van der Waals surface area contributed by atoms with E-state index in [-0.39, 0.29) is 12.8 Å². The summed E-state index contributed by atoms with van der Waals surface area (Å²) in [6.07, 6.45) is 0. The van der Waals surface area contributed by atoms with Crippen LogP contribution >= 0.6 is 0 Å². The maximum atomic E-state index is 10.6. The van der Waals surface area contributed by atoms with E-state index >= 15 is 0 Å². The highest BCUT2D eigenvalue weighted by molar-refractivity contribution is 5.69. The van der Waals surface area contributed by atoms with Crippen LogP contribution in [0.2, 0.25) is 0 Å². The molecule has 0 spiro atoms. The summed E-state index contributed by atoms with van der Waals surface area (Å²) in [6.45, 7) is 1.56. The lowest BCUT2D eigenvalue weighted by atomic mass is 10.3. The zero-order chi connectivity index (χ0) is 10.4. The maximum Gasteiger partial charge on any atom is 0.308 e. The first-order chi connectivity index (χ1) is 6.72. The lowest BCUT2D eigenvalue weighted by Gasteiger charge is -2.05. The molecule has 1 aromatic carbocycles. The van der Waals surface area contributed by atoms with Gasteiger partial charge in [-0.1, -0.05) is 0 Å². The predicted molar refractivity (Wildman–Crippen MR) is 50.3 cm³/mol. The third-order valence-electron chi connectivity index (χ3n) is 1.43. The van der Waals surface area contributed by atoms with Crippen molar-refractivity contribution in [2.45, 2.75) is 6.92 Å². The molecule has 0 unspecified atom stereocenters. The minimum atomic E-state index is -0.337. The number of ether oxygens (including phenoxy) is 3. The van der Waals surface area contributed by atoms with Crippen molar-refractivity contribution in [3.63, 3.8) is 0 Å². The Bertz CT molecular complexity index is 291. The molecule has 76 valence electrons. The average molecular weight is 196 g/mol. The van der Waals surface area contributed by atoms with Crippen LogP contribution in [0.25, 0.3) is 0 Å². The summed E-state index contributed by atoms with van der Waals surface area (Å²) < 4.78 is 14.7. The molecule has 0 aliphatic carbocycles. The van der Waals surface area contributed by atoms with E-state index in [1.807, 2.05) is 0 Å². The Morgan fingerprint density at radius 2 is 1.79 bits per heavy atom. The Kier molecular flexibility index (Phi) is 3.94. The molecular formula is C10H12O4. The van der Waals surface area contributed by atoms with Crippen LogP contribution in [0.5, 0.6) is 11.5 Å². The Labute approximate surface area is 82.4 Å². The van der Waals surface area contributed by atoms with Gasteiger partial charge in [0.05, 0.1) is 0 Å². The largest absolute Gasteiger partial charge is 0.468 e. The Balaban J connectivity index is 2.54. The SMILES string of the molecule is COCOc1ccc(OC(C)=O)cc1. The first kappa shape index (κ1) is 10.5. The standard InChI is InChI=1S/C10H12O4/c1-8(11)14-10-5-3-9(4-6-10)13-7-12-2/h3-6H,7H2,1-2H3. The van der Waals surface area contributed by atoms with E-state index in [0.717, 1.165) is 0 Å². The summed E-state index contributed by atoms with van der Waals surface area (Å²) in [7, 11) is 1.55. The van der Waals surface area contributed by atoms with Gasteiger partial charge in [0.1, 0.15) is 11.5 Å². The molecule has 0 heterocycles. The maximum absolute atomic E-state index is 10.6. The second-order valence-electron chi connectivity index (χ2n) is 2.62. The quantitative estimate of drug-likeness (QED) is 0.417. The smallest absolute Gasteiger partial charge is 0.308 e. The van der Waals surface area contributed by atoms with E-state index in [0.29, 0.717) is 11.5 Å². The van der Waals surface area contributed by atoms with Crippen molar-refractivity contribution < 1.29 is 19.0 Å². The Hall–Kier alpha value is -1.55. The van der Waals surface area contributed by atoms with Crippen LogP contribution in [0, 0.1) is 0 Å². The number of hydrogen-bond acceptors (Lipinski definition) is 4. The lowest BCUT2D eigenvalue weighted by molar-refractivity contribution is -0.131. The van der Waals surface area contributed by atoms with Crippen LogP contribution in [-0.2, 0) is 9.53 Å². The van der Waals surface area contributed by atoms with Crippen LogP contribution < -0.4 is 9.47 Å². The highest BCUT2D eigenvalue weighted by Gasteiger charge is 1.98. The van der Waals surface area contributed by atoms with Gasteiger partial charge in [0.15, 0.2) is 6.79 Å². The number of esters is 1. The molecule has 0 aromatic heterocycles. The van der Waals surface area contributed by atoms with Crippen molar-refractivity contribution in [1.82, 2.24) is 0 Å². The summed E-state index contributed by atoms with van der Waals surface area (Å²) in [5.74, 6) is 0.834. The summed E-state index contributed by atoms with van der Waals surface area (Å²) in [6, 6.07) is 6.73. The van der Waals surface area contributed by atoms with E-state index < -0.39 is 0 Å². The zero-order valence-electron chi connectivity index (χ0n) is 8.15. The number of benzene rings is 1. The first-order valence-corrected chi connectivity index (χ1v) is 4.12. The molecule has 1 rings (SSSR count). The molecule has 14 heavy (non-hydrogen) atoms. The zero-order valence-corrected chi connectivity index (χ0v) is 8.15. The fourth-order valence-corrected chi connectivity index (χ4v) is 0.897. The van der Waals surface area contributed by atoms with E-state index in [2.05, 4.69) is 0 Å². The highest BCUT2D eigenvalue weighted by atomic mass is 16.7. The van der Waals surface area contributed by atoms with Crippen molar-refractivity contribution in [2.24, 2.45) is 0 Å². The van der Waals surface area contributed by atoms with Gasteiger partial charge in [0, 0.05) is 14.0 Å². The minimum Gasteiger partial charge on any atom is -0.468 e. The van der Waals surface area contributed by atoms with Crippen LogP contribution in [0.1, 0.15) is 6.92 Å². The van der Waals surface area contributed by atoms with Gasteiger partial charge in [0.25, 0.3) is 0 Å². The van der Waals surface area contributed by atoms with Gasteiger partial charge in [-0.2, -0.15) is 0 Å². The van der Waals surface area contributed by atoms with Crippen LogP contribution in [0.4, 0.5) is 0 Å². The van der Waals surface area contributed by atoms with E-state index in [4.69, 9.17) is 14.2 Å². The van der Waals surface area contributed by atoms with Crippen molar-refractivity contribution in [3.05, 3.63) is 24.3 Å². The Morgan fingerprint density at radius 1 is 1.21 bits per heavy atom. The number of rotatable bonds is 4. The molecule has 0 aliphatic heterocycles. The van der Waals surface area contributed by atoms with Crippen LogP contribution in [-0.4, -0.2) is 19.9 Å². The van der Waals surface area contributed by atoms with Crippen LogP contribution in [0.3, 0.4) is 0 Å². The number of methoxy groups -OCH3 is 1. The molecule has 1 aromatic rings. The van der Waals surface area contributed by atoms with Gasteiger partial charge in [-0.3, -0.25) is 4.79 Å². The normalized spacial score (nSPS) is 9.57. The number of hydrogen-bond donors (Lipinski definition) is 0. The minimum absolute atomic E-state index is 0.201. The second kappa shape index (κ2) is 5.24. The van der Waals surface area contributed by atoms with Gasteiger partial charge < -0.3 is 14.2 Å². The monoisotopic (exact) mass is 196 g/mol. The summed E-state index contributed by atoms with van der Waals surface area (Å²) in [5, 5.41) is 0. The fourth-order valence-electron chi connectivity index (χ4n) is 0.897. The third kappa shape index (κ3) is 3.45. The molecule has 0 radical (unpaired) electrons. The Morgan fingerprint density at radius 3 is 2.29 bits per heavy atom. The molecule has 4 heteroatoms. The van der Waals surface area contributed by atoms with Gasteiger partial charge >= 0.3 is 5.97 Å². The molecule has 0 aliphatic rings. The summed E-state index contributed by atoms with van der Waals surface area (Å²) in [5.41, 5.74) is 0. The predicted octanol–water partition coefficient (Wildman–Crippen LogP) is 1.59. The molecule has 0 atom stereocenters. The molecule has 0 saturated carbocycles. The highest BCUT2D eigenvalue weighted by Crippen LogP contribution is 2.17. The van der Waals surface area contributed by atoms with Crippen molar-refractivity contribution in [3.8, 4) is 11.5 Å². The average Bonchev–Trinajstić information content (AvgIpc) is 2.16. The van der Waals surface area contributed by atoms with E-state index in [9.17, 15) is 4.79 Å². The van der Waals surface area contributed by atoms with Crippen molar-refractivity contribution in [2.75, 3.05) is 13.9 Å². The van der Waals surface area contributed by atoms with Gasteiger partial charge in [-0.05, 0) is 24.3 Å². The van der Waals surface area contributed by atoms with E-state index in [1.54, 1.807) is 31.4 Å².